The molecule has 0 aliphatic carbocycles. The minimum absolute atomic E-state index is 0.121. The Hall–Kier alpha value is -0.130. The van der Waals surface area contributed by atoms with Crippen molar-refractivity contribution in [1.29, 1.82) is 0 Å². The van der Waals surface area contributed by atoms with Crippen molar-refractivity contribution in [1.82, 2.24) is 10.2 Å². The van der Waals surface area contributed by atoms with Crippen molar-refractivity contribution in [2.45, 2.75) is 24.5 Å². The van der Waals surface area contributed by atoms with Crippen LogP contribution in [0.2, 0.25) is 0 Å². The number of likely N-dealkylation sites (tertiary alicyclic amines) is 1. The molecule has 2 unspecified atom stereocenters. The number of hydrogen-bond donors (Lipinski definition) is 1. The van der Waals surface area contributed by atoms with E-state index in [9.17, 15) is 8.42 Å². The molecule has 2 aliphatic rings. The highest BCUT2D eigenvalue weighted by atomic mass is 32.2. The van der Waals surface area contributed by atoms with Gasteiger partial charge >= 0.3 is 0 Å². The molecular weight excluding hydrogens is 224 g/mol. The molecule has 2 atom stereocenters. The van der Waals surface area contributed by atoms with Gasteiger partial charge in [-0.15, -0.1) is 0 Å². The van der Waals surface area contributed by atoms with Gasteiger partial charge in [0.25, 0.3) is 0 Å². The van der Waals surface area contributed by atoms with E-state index in [1.807, 2.05) is 0 Å². The van der Waals surface area contributed by atoms with Gasteiger partial charge in [-0.25, -0.2) is 8.42 Å². The number of nitrogens with zero attached hydrogens (tertiary/aromatic N) is 1. The van der Waals surface area contributed by atoms with Crippen LogP contribution in [0.3, 0.4) is 0 Å². The van der Waals surface area contributed by atoms with Crippen LogP contribution in [0, 0.1) is 5.92 Å². The lowest BCUT2D eigenvalue weighted by atomic mass is 9.99. The standard InChI is InChI=1S/C11H22N2O2S/c1-16(14,15)11-4-6-13(9-11)8-10-3-2-5-12-7-10/h10-12H,2-9H2,1H3. The minimum Gasteiger partial charge on any atom is -0.316 e. The maximum absolute atomic E-state index is 11.4. The van der Waals surface area contributed by atoms with Crippen LogP contribution in [0.4, 0.5) is 0 Å². The second-order valence-corrected chi connectivity index (χ2v) is 7.54. The number of sulfone groups is 1. The van der Waals surface area contributed by atoms with Crippen LogP contribution in [0.15, 0.2) is 0 Å². The third-order valence-corrected chi connectivity index (χ3v) is 5.35. The van der Waals surface area contributed by atoms with Gasteiger partial charge in [-0.2, -0.15) is 0 Å². The van der Waals surface area contributed by atoms with E-state index in [1.165, 1.54) is 19.1 Å². The van der Waals surface area contributed by atoms with Gasteiger partial charge in [-0.1, -0.05) is 0 Å². The first-order valence-electron chi connectivity index (χ1n) is 6.17. The van der Waals surface area contributed by atoms with E-state index in [2.05, 4.69) is 10.2 Å². The summed E-state index contributed by atoms with van der Waals surface area (Å²) < 4.78 is 22.9. The van der Waals surface area contributed by atoms with Gasteiger partial charge in [-0.3, -0.25) is 0 Å². The van der Waals surface area contributed by atoms with Gasteiger partial charge < -0.3 is 10.2 Å². The SMILES string of the molecule is CS(=O)(=O)C1CCN(CC2CCCNC2)C1. The van der Waals surface area contributed by atoms with Crippen molar-refractivity contribution >= 4 is 9.84 Å². The van der Waals surface area contributed by atoms with E-state index in [0.717, 1.165) is 39.1 Å². The zero-order valence-corrected chi connectivity index (χ0v) is 10.8. The van der Waals surface area contributed by atoms with Gasteiger partial charge in [0.05, 0.1) is 5.25 Å². The molecule has 0 radical (unpaired) electrons. The summed E-state index contributed by atoms with van der Waals surface area (Å²) in [6, 6.07) is 0. The lowest BCUT2D eigenvalue weighted by Gasteiger charge is -2.27. The Labute approximate surface area is 98.3 Å². The Morgan fingerprint density at radius 3 is 2.75 bits per heavy atom. The molecule has 2 rings (SSSR count). The van der Waals surface area contributed by atoms with Gasteiger partial charge in [0.1, 0.15) is 0 Å². The molecule has 2 aliphatic heterocycles. The largest absolute Gasteiger partial charge is 0.316 e. The zero-order chi connectivity index (χ0) is 11.6. The predicted octanol–water partition coefficient (Wildman–Crippen LogP) is 0.105. The van der Waals surface area contributed by atoms with Crippen LogP contribution in [0.25, 0.3) is 0 Å². The molecular formula is C11H22N2O2S. The van der Waals surface area contributed by atoms with Crippen LogP contribution < -0.4 is 5.32 Å². The molecule has 16 heavy (non-hydrogen) atoms. The Kier molecular flexibility index (Phi) is 3.87. The number of nitrogens with one attached hydrogen (secondary N) is 1. The average molecular weight is 246 g/mol. The molecule has 1 N–H and O–H groups in total. The van der Waals surface area contributed by atoms with Gasteiger partial charge in [-0.05, 0) is 44.8 Å². The highest BCUT2D eigenvalue weighted by Gasteiger charge is 2.31. The summed E-state index contributed by atoms with van der Waals surface area (Å²) in [6.07, 6.45) is 4.73. The summed E-state index contributed by atoms with van der Waals surface area (Å²) in [5.41, 5.74) is 0. The molecule has 0 amide bonds. The predicted molar refractivity (Wildman–Crippen MR) is 65.3 cm³/mol. The highest BCUT2D eigenvalue weighted by Crippen LogP contribution is 2.19. The number of hydrogen-bond acceptors (Lipinski definition) is 4. The normalized spacial score (nSPS) is 33.1. The van der Waals surface area contributed by atoms with Crippen molar-refractivity contribution in [3.05, 3.63) is 0 Å². The average Bonchev–Trinajstić information content (AvgIpc) is 2.67. The maximum Gasteiger partial charge on any atom is 0.151 e. The molecule has 0 saturated carbocycles. The van der Waals surface area contributed by atoms with Crippen LogP contribution in [0.1, 0.15) is 19.3 Å². The van der Waals surface area contributed by atoms with Gasteiger partial charge in [0.2, 0.25) is 0 Å². The summed E-state index contributed by atoms with van der Waals surface area (Å²) in [5.74, 6) is 0.715. The molecule has 0 spiro atoms. The summed E-state index contributed by atoms with van der Waals surface area (Å²) in [7, 11) is -2.83. The third-order valence-electron chi connectivity index (χ3n) is 3.75. The Morgan fingerprint density at radius 2 is 2.19 bits per heavy atom. The van der Waals surface area contributed by atoms with E-state index in [0.29, 0.717) is 5.92 Å². The molecule has 4 nitrogen and oxygen atoms in total. The molecule has 0 bridgehead atoms. The maximum atomic E-state index is 11.4. The van der Waals surface area contributed by atoms with Crippen LogP contribution in [-0.4, -0.2) is 57.5 Å². The fourth-order valence-corrected chi connectivity index (χ4v) is 3.77. The summed E-state index contributed by atoms with van der Waals surface area (Å²) in [5, 5.41) is 3.28. The number of rotatable bonds is 3. The Bertz CT molecular complexity index is 323. The molecule has 94 valence electrons. The van der Waals surface area contributed by atoms with Gasteiger partial charge in [0.15, 0.2) is 9.84 Å². The second kappa shape index (κ2) is 5.02. The second-order valence-electron chi connectivity index (χ2n) is 5.21. The Morgan fingerprint density at radius 1 is 1.38 bits per heavy atom. The lowest BCUT2D eigenvalue weighted by molar-refractivity contribution is 0.244. The highest BCUT2D eigenvalue weighted by molar-refractivity contribution is 7.91. The molecule has 0 aromatic heterocycles. The van der Waals surface area contributed by atoms with E-state index in [-0.39, 0.29) is 5.25 Å². The van der Waals surface area contributed by atoms with E-state index < -0.39 is 9.84 Å². The summed E-state index contributed by atoms with van der Waals surface area (Å²) in [4.78, 5) is 2.32. The Balaban J connectivity index is 1.80. The minimum atomic E-state index is -2.83. The van der Waals surface area contributed by atoms with Crippen molar-refractivity contribution in [2.24, 2.45) is 5.92 Å². The molecule has 2 fully saturated rings. The topological polar surface area (TPSA) is 49.4 Å². The van der Waals surface area contributed by atoms with Crippen LogP contribution in [0.5, 0.6) is 0 Å². The first kappa shape index (κ1) is 12.3. The van der Waals surface area contributed by atoms with Crippen molar-refractivity contribution < 1.29 is 8.42 Å². The molecule has 2 heterocycles. The number of piperidine rings is 1. The lowest BCUT2D eigenvalue weighted by Crippen LogP contribution is -2.38. The fourth-order valence-electron chi connectivity index (χ4n) is 2.76. The summed E-state index contributed by atoms with van der Waals surface area (Å²) in [6.45, 7) is 5.01. The smallest absolute Gasteiger partial charge is 0.151 e. The quantitative estimate of drug-likeness (QED) is 0.767. The molecule has 0 aromatic rings. The third kappa shape index (κ3) is 3.18. The van der Waals surface area contributed by atoms with E-state index >= 15 is 0 Å². The molecule has 0 aromatic carbocycles. The van der Waals surface area contributed by atoms with E-state index in [4.69, 9.17) is 0 Å². The van der Waals surface area contributed by atoms with Crippen molar-refractivity contribution in [2.75, 3.05) is 39.0 Å². The van der Waals surface area contributed by atoms with Crippen molar-refractivity contribution in [3.8, 4) is 0 Å². The first-order chi connectivity index (χ1) is 7.55. The van der Waals surface area contributed by atoms with Gasteiger partial charge in [0, 0.05) is 19.3 Å². The molecule has 5 heteroatoms. The zero-order valence-electron chi connectivity index (χ0n) is 9.98. The monoisotopic (exact) mass is 246 g/mol. The summed E-state index contributed by atoms with van der Waals surface area (Å²) >= 11 is 0. The van der Waals surface area contributed by atoms with Crippen molar-refractivity contribution in [3.63, 3.8) is 0 Å². The first-order valence-corrected chi connectivity index (χ1v) is 8.13. The van der Waals surface area contributed by atoms with Crippen LogP contribution >= 0.6 is 0 Å². The van der Waals surface area contributed by atoms with Crippen LogP contribution in [-0.2, 0) is 9.84 Å². The molecule has 2 saturated heterocycles. The fraction of sp³-hybridized carbons (Fsp3) is 1.00. The van der Waals surface area contributed by atoms with E-state index in [1.54, 1.807) is 0 Å².